The van der Waals surface area contributed by atoms with Gasteiger partial charge >= 0.3 is 0 Å². The number of likely N-dealkylation sites (N-methyl/N-ethyl adjacent to an activating group) is 1. The summed E-state index contributed by atoms with van der Waals surface area (Å²) in [6, 6.07) is 8.10. The third-order valence-electron chi connectivity index (χ3n) is 2.70. The van der Waals surface area contributed by atoms with Gasteiger partial charge in [-0.3, -0.25) is 0 Å². The molecular formula is C14H23N3OS. The van der Waals surface area contributed by atoms with E-state index >= 15 is 0 Å². The van der Waals surface area contributed by atoms with Crippen LogP contribution in [0.5, 0.6) is 5.75 Å². The van der Waals surface area contributed by atoms with Gasteiger partial charge in [-0.25, -0.2) is 0 Å². The van der Waals surface area contributed by atoms with Gasteiger partial charge in [0, 0.05) is 19.6 Å². The summed E-state index contributed by atoms with van der Waals surface area (Å²) < 4.78 is 5.13. The molecule has 0 amide bonds. The molecule has 2 N–H and O–H groups in total. The van der Waals surface area contributed by atoms with Crippen molar-refractivity contribution in [2.75, 3.05) is 40.8 Å². The highest BCUT2D eigenvalue weighted by Gasteiger charge is 1.97. The molecule has 0 aliphatic heterocycles. The standard InChI is InChI=1S/C14H23N3OS/c1-17(2)11-10-16-14(19)15-9-8-12-4-6-13(18-3)7-5-12/h4-7H,8-11H2,1-3H3,(H2,15,16,19). The Kier molecular flexibility index (Phi) is 7.22. The minimum atomic E-state index is 0.718. The second kappa shape index (κ2) is 8.72. The lowest BCUT2D eigenvalue weighted by molar-refractivity contribution is 0.412. The molecule has 0 bridgehead atoms. The first-order valence-electron chi connectivity index (χ1n) is 6.41. The van der Waals surface area contributed by atoms with E-state index in [1.54, 1.807) is 7.11 Å². The normalized spacial score (nSPS) is 10.3. The molecule has 0 aliphatic carbocycles. The molecule has 0 atom stereocenters. The molecule has 0 aromatic heterocycles. The van der Waals surface area contributed by atoms with Gasteiger partial charge in [-0.15, -0.1) is 0 Å². The van der Waals surface area contributed by atoms with Crippen molar-refractivity contribution in [1.29, 1.82) is 0 Å². The summed E-state index contributed by atoms with van der Waals surface area (Å²) in [5, 5.41) is 7.10. The topological polar surface area (TPSA) is 36.5 Å². The maximum Gasteiger partial charge on any atom is 0.166 e. The quantitative estimate of drug-likeness (QED) is 0.736. The summed E-state index contributed by atoms with van der Waals surface area (Å²) in [7, 11) is 5.76. The summed E-state index contributed by atoms with van der Waals surface area (Å²) in [6.45, 7) is 2.67. The fourth-order valence-electron chi connectivity index (χ4n) is 1.57. The number of nitrogens with one attached hydrogen (secondary N) is 2. The van der Waals surface area contributed by atoms with Crippen molar-refractivity contribution in [2.45, 2.75) is 6.42 Å². The minimum Gasteiger partial charge on any atom is -0.497 e. The highest BCUT2D eigenvalue weighted by molar-refractivity contribution is 7.80. The van der Waals surface area contributed by atoms with Crippen molar-refractivity contribution in [3.8, 4) is 5.75 Å². The number of benzene rings is 1. The van der Waals surface area contributed by atoms with Crippen LogP contribution in [0.2, 0.25) is 0 Å². The molecule has 1 rings (SSSR count). The van der Waals surface area contributed by atoms with Crippen LogP contribution in [0.25, 0.3) is 0 Å². The van der Waals surface area contributed by atoms with Crippen LogP contribution >= 0.6 is 12.2 Å². The molecular weight excluding hydrogens is 258 g/mol. The predicted molar refractivity (Wildman–Crippen MR) is 83.9 cm³/mol. The molecule has 0 heterocycles. The third kappa shape index (κ3) is 6.98. The summed E-state index contributed by atoms with van der Waals surface area (Å²) in [5.41, 5.74) is 1.27. The second-order valence-electron chi connectivity index (χ2n) is 4.58. The van der Waals surface area contributed by atoms with Crippen LogP contribution in [-0.4, -0.2) is 50.9 Å². The third-order valence-corrected chi connectivity index (χ3v) is 2.99. The van der Waals surface area contributed by atoms with Crippen molar-refractivity contribution in [2.24, 2.45) is 0 Å². The average Bonchev–Trinajstić information content (AvgIpc) is 2.39. The number of ether oxygens (including phenoxy) is 1. The molecule has 5 heteroatoms. The fraction of sp³-hybridized carbons (Fsp3) is 0.500. The molecule has 106 valence electrons. The Bertz CT molecular complexity index is 379. The lowest BCUT2D eigenvalue weighted by Crippen LogP contribution is -2.39. The van der Waals surface area contributed by atoms with Crippen molar-refractivity contribution < 1.29 is 4.74 Å². The Hall–Kier alpha value is -1.33. The van der Waals surface area contributed by atoms with E-state index in [0.29, 0.717) is 0 Å². The maximum absolute atomic E-state index is 5.20. The number of hydrogen-bond donors (Lipinski definition) is 2. The zero-order valence-electron chi connectivity index (χ0n) is 11.9. The number of thiocarbonyl (C=S) groups is 1. The molecule has 4 nitrogen and oxygen atoms in total. The van der Waals surface area contributed by atoms with E-state index in [4.69, 9.17) is 17.0 Å². The van der Waals surface area contributed by atoms with Crippen LogP contribution in [0.15, 0.2) is 24.3 Å². The van der Waals surface area contributed by atoms with E-state index in [9.17, 15) is 0 Å². The minimum absolute atomic E-state index is 0.718. The lowest BCUT2D eigenvalue weighted by atomic mass is 10.1. The van der Waals surface area contributed by atoms with E-state index in [-0.39, 0.29) is 0 Å². The first-order valence-corrected chi connectivity index (χ1v) is 6.82. The molecule has 0 spiro atoms. The zero-order valence-corrected chi connectivity index (χ0v) is 12.7. The fourth-order valence-corrected chi connectivity index (χ4v) is 1.77. The van der Waals surface area contributed by atoms with Gasteiger partial charge in [0.05, 0.1) is 7.11 Å². The Labute approximate surface area is 121 Å². The summed E-state index contributed by atoms with van der Waals surface area (Å²) in [4.78, 5) is 2.12. The molecule has 0 aliphatic rings. The Morgan fingerprint density at radius 3 is 2.37 bits per heavy atom. The smallest absolute Gasteiger partial charge is 0.166 e. The molecule has 0 unspecified atom stereocenters. The SMILES string of the molecule is COc1ccc(CCNC(=S)NCCN(C)C)cc1. The van der Waals surface area contributed by atoms with Crippen LogP contribution in [0.1, 0.15) is 5.56 Å². The Balaban J connectivity index is 2.16. The van der Waals surface area contributed by atoms with Gasteiger partial charge < -0.3 is 20.3 Å². The zero-order chi connectivity index (χ0) is 14.1. The Morgan fingerprint density at radius 2 is 1.79 bits per heavy atom. The van der Waals surface area contributed by atoms with Gasteiger partial charge in [-0.05, 0) is 50.4 Å². The monoisotopic (exact) mass is 281 g/mol. The second-order valence-corrected chi connectivity index (χ2v) is 4.99. The molecule has 1 aromatic carbocycles. The van der Waals surface area contributed by atoms with E-state index in [1.807, 2.05) is 26.2 Å². The first kappa shape index (κ1) is 15.7. The van der Waals surface area contributed by atoms with Gasteiger partial charge in [-0.2, -0.15) is 0 Å². The van der Waals surface area contributed by atoms with Gasteiger partial charge in [0.25, 0.3) is 0 Å². The van der Waals surface area contributed by atoms with Crippen LogP contribution in [-0.2, 0) is 6.42 Å². The lowest BCUT2D eigenvalue weighted by Gasteiger charge is -2.13. The number of methoxy groups -OCH3 is 1. The molecule has 0 fully saturated rings. The van der Waals surface area contributed by atoms with Crippen LogP contribution < -0.4 is 15.4 Å². The van der Waals surface area contributed by atoms with Crippen LogP contribution in [0.4, 0.5) is 0 Å². The summed E-state index contributed by atoms with van der Waals surface area (Å²) >= 11 is 5.20. The van der Waals surface area contributed by atoms with Crippen molar-refractivity contribution in [1.82, 2.24) is 15.5 Å². The van der Waals surface area contributed by atoms with E-state index in [0.717, 1.165) is 36.9 Å². The predicted octanol–water partition coefficient (Wildman–Crippen LogP) is 1.26. The van der Waals surface area contributed by atoms with E-state index in [1.165, 1.54) is 5.56 Å². The van der Waals surface area contributed by atoms with Crippen LogP contribution in [0.3, 0.4) is 0 Å². The van der Waals surface area contributed by atoms with Crippen LogP contribution in [0, 0.1) is 0 Å². The molecule has 0 saturated heterocycles. The largest absolute Gasteiger partial charge is 0.497 e. The average molecular weight is 281 g/mol. The number of rotatable bonds is 7. The highest BCUT2D eigenvalue weighted by Crippen LogP contribution is 2.11. The van der Waals surface area contributed by atoms with Crippen molar-refractivity contribution in [3.63, 3.8) is 0 Å². The van der Waals surface area contributed by atoms with Crippen molar-refractivity contribution >= 4 is 17.3 Å². The highest BCUT2D eigenvalue weighted by atomic mass is 32.1. The van der Waals surface area contributed by atoms with Gasteiger partial charge in [-0.1, -0.05) is 12.1 Å². The summed E-state index contributed by atoms with van der Waals surface area (Å²) in [6.07, 6.45) is 0.944. The van der Waals surface area contributed by atoms with Gasteiger partial charge in [0.1, 0.15) is 5.75 Å². The molecule has 1 aromatic rings. The van der Waals surface area contributed by atoms with E-state index in [2.05, 4.69) is 27.7 Å². The Morgan fingerprint density at radius 1 is 1.16 bits per heavy atom. The van der Waals surface area contributed by atoms with Crippen molar-refractivity contribution in [3.05, 3.63) is 29.8 Å². The molecule has 0 saturated carbocycles. The molecule has 0 radical (unpaired) electrons. The summed E-state index contributed by atoms with van der Waals surface area (Å²) in [5.74, 6) is 0.887. The number of hydrogen-bond acceptors (Lipinski definition) is 3. The van der Waals surface area contributed by atoms with E-state index < -0.39 is 0 Å². The molecule has 19 heavy (non-hydrogen) atoms. The van der Waals surface area contributed by atoms with Gasteiger partial charge in [0.2, 0.25) is 0 Å². The number of nitrogens with zero attached hydrogens (tertiary/aromatic N) is 1. The van der Waals surface area contributed by atoms with Gasteiger partial charge in [0.15, 0.2) is 5.11 Å². The maximum atomic E-state index is 5.20. The first-order chi connectivity index (χ1) is 9.11.